The number of ether oxygens (including phenoxy) is 3. The highest BCUT2D eigenvalue weighted by atomic mass is 16.6. The van der Waals surface area contributed by atoms with E-state index < -0.39 is 6.10 Å². The molecular weight excluding hydrogens is 669 g/mol. The van der Waals surface area contributed by atoms with Gasteiger partial charge < -0.3 is 14.2 Å². The van der Waals surface area contributed by atoms with Crippen LogP contribution in [0.25, 0.3) is 0 Å². The van der Waals surface area contributed by atoms with Gasteiger partial charge in [-0.05, 0) is 77.0 Å². The number of rotatable bonds is 41. The molecule has 5 nitrogen and oxygen atoms in total. The Morgan fingerprint density at radius 2 is 0.870 bits per heavy atom. The SMILES string of the molecule is CC/C=C\C/C=C\C/C=C\CCCCCCCC(=O)OCC(COCCCCCCCC/C=C\C/C=C\CCC)OC(=O)CCCCCCCCCCC. The van der Waals surface area contributed by atoms with Gasteiger partial charge in [0.15, 0.2) is 6.10 Å². The molecular formula is C49H86O5. The third-order valence-corrected chi connectivity index (χ3v) is 9.52. The van der Waals surface area contributed by atoms with Crippen LogP contribution in [0.1, 0.15) is 213 Å². The second kappa shape index (κ2) is 45.0. The number of esters is 2. The third-order valence-electron chi connectivity index (χ3n) is 9.52. The van der Waals surface area contributed by atoms with E-state index in [-0.39, 0.29) is 25.2 Å². The average Bonchev–Trinajstić information content (AvgIpc) is 3.17. The van der Waals surface area contributed by atoms with E-state index >= 15 is 0 Å². The molecule has 1 unspecified atom stereocenters. The summed E-state index contributed by atoms with van der Waals surface area (Å²) >= 11 is 0. The zero-order chi connectivity index (χ0) is 39.3. The van der Waals surface area contributed by atoms with Gasteiger partial charge in [0, 0.05) is 19.4 Å². The van der Waals surface area contributed by atoms with Gasteiger partial charge in [-0.2, -0.15) is 0 Å². The number of hydrogen-bond acceptors (Lipinski definition) is 5. The van der Waals surface area contributed by atoms with Gasteiger partial charge in [0.2, 0.25) is 0 Å². The lowest BCUT2D eigenvalue weighted by Crippen LogP contribution is -2.30. The van der Waals surface area contributed by atoms with Crippen molar-refractivity contribution in [3.8, 4) is 0 Å². The van der Waals surface area contributed by atoms with Crippen LogP contribution in [0.15, 0.2) is 60.8 Å². The van der Waals surface area contributed by atoms with Gasteiger partial charge in [0.05, 0.1) is 6.61 Å². The fraction of sp³-hybridized carbons (Fsp3) is 0.755. The standard InChI is InChI=1S/C49H86O5/c1-4-7-10-13-16-19-21-23-25-26-28-31-33-36-39-42-48(50)53-46-47(54-49(51)43-40-37-34-30-18-15-12-9-6-3)45-52-44-41-38-35-32-29-27-24-22-20-17-14-11-8-5-2/h7,10-11,14,16,19-20,22-23,25,47H,4-6,8-9,12-13,15,17-18,21,24,26-46H2,1-3H3/b10-7-,14-11-,19-16-,22-20-,25-23-. The Morgan fingerprint density at radius 3 is 1.41 bits per heavy atom. The predicted molar refractivity (Wildman–Crippen MR) is 233 cm³/mol. The lowest BCUT2D eigenvalue weighted by molar-refractivity contribution is -0.163. The Hall–Kier alpha value is -2.40. The molecule has 0 N–H and O–H groups in total. The van der Waals surface area contributed by atoms with E-state index in [0.29, 0.717) is 19.4 Å². The van der Waals surface area contributed by atoms with Crippen LogP contribution in [0.2, 0.25) is 0 Å². The van der Waals surface area contributed by atoms with Crippen molar-refractivity contribution in [2.45, 2.75) is 219 Å². The van der Waals surface area contributed by atoms with Crippen LogP contribution in [0.3, 0.4) is 0 Å². The molecule has 0 saturated heterocycles. The Balaban J connectivity index is 4.26. The van der Waals surface area contributed by atoms with Gasteiger partial charge in [0.1, 0.15) is 6.61 Å². The summed E-state index contributed by atoms with van der Waals surface area (Å²) in [6, 6.07) is 0. The van der Waals surface area contributed by atoms with Gasteiger partial charge in [0.25, 0.3) is 0 Å². The van der Waals surface area contributed by atoms with Crippen molar-refractivity contribution in [1.82, 2.24) is 0 Å². The molecule has 0 spiro atoms. The van der Waals surface area contributed by atoms with Crippen LogP contribution >= 0.6 is 0 Å². The Bertz CT molecular complexity index is 946. The molecule has 0 aliphatic carbocycles. The van der Waals surface area contributed by atoms with Crippen LogP contribution in [0.4, 0.5) is 0 Å². The molecule has 0 aliphatic heterocycles. The molecule has 0 aromatic carbocycles. The van der Waals surface area contributed by atoms with E-state index in [0.717, 1.165) is 77.0 Å². The summed E-state index contributed by atoms with van der Waals surface area (Å²) in [6.07, 6.45) is 55.0. The van der Waals surface area contributed by atoms with Gasteiger partial charge in [-0.3, -0.25) is 9.59 Å². The van der Waals surface area contributed by atoms with E-state index in [9.17, 15) is 9.59 Å². The average molecular weight is 755 g/mol. The Morgan fingerprint density at radius 1 is 0.426 bits per heavy atom. The van der Waals surface area contributed by atoms with E-state index in [1.165, 1.54) is 103 Å². The summed E-state index contributed by atoms with van der Waals surface area (Å²) in [7, 11) is 0. The fourth-order valence-corrected chi connectivity index (χ4v) is 6.15. The smallest absolute Gasteiger partial charge is 0.306 e. The van der Waals surface area contributed by atoms with Crippen molar-refractivity contribution >= 4 is 11.9 Å². The highest BCUT2D eigenvalue weighted by Gasteiger charge is 2.17. The molecule has 0 aliphatic rings. The molecule has 0 fully saturated rings. The van der Waals surface area contributed by atoms with E-state index in [2.05, 4.69) is 81.5 Å². The third kappa shape index (κ3) is 42.3. The summed E-state index contributed by atoms with van der Waals surface area (Å²) < 4.78 is 17.3. The number of carbonyl (C=O) groups excluding carboxylic acids is 2. The molecule has 54 heavy (non-hydrogen) atoms. The van der Waals surface area contributed by atoms with Crippen LogP contribution in [-0.2, 0) is 23.8 Å². The van der Waals surface area contributed by atoms with Gasteiger partial charge >= 0.3 is 11.9 Å². The molecule has 0 rings (SSSR count). The summed E-state index contributed by atoms with van der Waals surface area (Å²) in [6.45, 7) is 7.60. The van der Waals surface area contributed by atoms with Crippen molar-refractivity contribution in [1.29, 1.82) is 0 Å². The first-order valence-corrected chi connectivity index (χ1v) is 22.8. The first-order chi connectivity index (χ1) is 26.6. The van der Waals surface area contributed by atoms with Crippen LogP contribution in [-0.4, -0.2) is 37.9 Å². The lowest BCUT2D eigenvalue weighted by Gasteiger charge is -2.18. The molecule has 0 aromatic rings. The van der Waals surface area contributed by atoms with Crippen LogP contribution < -0.4 is 0 Å². The second-order valence-corrected chi connectivity index (χ2v) is 14.9. The highest BCUT2D eigenvalue weighted by Crippen LogP contribution is 2.13. The molecule has 0 bridgehead atoms. The first kappa shape index (κ1) is 51.6. The highest BCUT2D eigenvalue weighted by molar-refractivity contribution is 5.70. The number of allylic oxidation sites excluding steroid dienone is 10. The van der Waals surface area contributed by atoms with Crippen LogP contribution in [0.5, 0.6) is 0 Å². The number of unbranched alkanes of at least 4 members (excludes halogenated alkanes) is 20. The van der Waals surface area contributed by atoms with E-state index in [1.54, 1.807) is 0 Å². The Labute approximate surface area is 334 Å². The van der Waals surface area contributed by atoms with Gasteiger partial charge in [-0.25, -0.2) is 0 Å². The summed E-state index contributed by atoms with van der Waals surface area (Å²) in [4.78, 5) is 25.2. The quantitative estimate of drug-likeness (QED) is 0.0353. The maximum atomic E-state index is 12.7. The van der Waals surface area contributed by atoms with Crippen molar-refractivity contribution < 1.29 is 23.8 Å². The van der Waals surface area contributed by atoms with Crippen molar-refractivity contribution in [3.63, 3.8) is 0 Å². The zero-order valence-corrected chi connectivity index (χ0v) is 35.7. The van der Waals surface area contributed by atoms with Crippen molar-refractivity contribution in [2.75, 3.05) is 19.8 Å². The molecule has 0 aromatic heterocycles. The lowest BCUT2D eigenvalue weighted by atomic mass is 10.1. The molecule has 0 saturated carbocycles. The largest absolute Gasteiger partial charge is 0.462 e. The number of carbonyl (C=O) groups is 2. The first-order valence-electron chi connectivity index (χ1n) is 22.8. The van der Waals surface area contributed by atoms with Gasteiger partial charge in [-0.1, -0.05) is 184 Å². The minimum absolute atomic E-state index is 0.0722. The molecule has 0 heterocycles. The normalized spacial score (nSPS) is 12.7. The Kier molecular flexibility index (Phi) is 43.0. The second-order valence-electron chi connectivity index (χ2n) is 14.9. The summed E-state index contributed by atoms with van der Waals surface area (Å²) in [5.74, 6) is -0.424. The number of hydrogen-bond donors (Lipinski definition) is 0. The predicted octanol–water partition coefficient (Wildman–Crippen LogP) is 15.0. The zero-order valence-electron chi connectivity index (χ0n) is 35.7. The van der Waals surface area contributed by atoms with E-state index in [1.807, 2.05) is 0 Å². The summed E-state index contributed by atoms with van der Waals surface area (Å²) in [5.41, 5.74) is 0. The molecule has 312 valence electrons. The van der Waals surface area contributed by atoms with E-state index in [4.69, 9.17) is 14.2 Å². The molecule has 1 atom stereocenters. The minimum Gasteiger partial charge on any atom is -0.462 e. The molecule has 5 heteroatoms. The van der Waals surface area contributed by atoms with Crippen molar-refractivity contribution in [3.05, 3.63) is 60.8 Å². The fourth-order valence-electron chi connectivity index (χ4n) is 6.15. The summed E-state index contributed by atoms with van der Waals surface area (Å²) in [5, 5.41) is 0. The van der Waals surface area contributed by atoms with Crippen LogP contribution in [0, 0.1) is 0 Å². The topological polar surface area (TPSA) is 61.8 Å². The molecule has 0 radical (unpaired) electrons. The maximum Gasteiger partial charge on any atom is 0.306 e. The minimum atomic E-state index is -0.545. The van der Waals surface area contributed by atoms with Crippen molar-refractivity contribution in [2.24, 2.45) is 0 Å². The molecule has 0 amide bonds. The monoisotopic (exact) mass is 755 g/mol. The van der Waals surface area contributed by atoms with Gasteiger partial charge in [-0.15, -0.1) is 0 Å². The maximum absolute atomic E-state index is 12.7.